The molecule has 0 radical (unpaired) electrons. The summed E-state index contributed by atoms with van der Waals surface area (Å²) in [6.45, 7) is 1.42. The Hall–Kier alpha value is -1.50. The maximum Gasteiger partial charge on any atom is 0.361 e. The molecule has 1 saturated heterocycles. The minimum atomic E-state index is -1.17. The lowest BCUT2D eigenvalue weighted by molar-refractivity contribution is -0.188. The summed E-state index contributed by atoms with van der Waals surface area (Å²) in [5.74, 6) is 0.702. The van der Waals surface area contributed by atoms with Crippen molar-refractivity contribution in [3.8, 4) is 12.3 Å². The van der Waals surface area contributed by atoms with Gasteiger partial charge in [0.1, 0.15) is 0 Å². The number of carbonyl (C=O) groups is 2. The van der Waals surface area contributed by atoms with Gasteiger partial charge in [-0.15, -0.1) is 6.42 Å². The summed E-state index contributed by atoms with van der Waals surface area (Å²) in [6, 6.07) is 0. The molecule has 2 atom stereocenters. The normalized spacial score (nSPS) is 30.2. The first-order valence-electron chi connectivity index (χ1n) is 3.02. The van der Waals surface area contributed by atoms with Crippen molar-refractivity contribution >= 4 is 11.9 Å². The van der Waals surface area contributed by atoms with E-state index in [9.17, 15) is 9.59 Å². The predicted octanol–water partition coefficient (Wildman–Crippen LogP) is -0.523. The number of cyclic esters (lactones) is 2. The topological polar surface area (TPSA) is 52.6 Å². The second-order valence-corrected chi connectivity index (χ2v) is 2.06. The van der Waals surface area contributed by atoms with Crippen LogP contribution in [-0.4, -0.2) is 24.1 Å². The van der Waals surface area contributed by atoms with Gasteiger partial charge in [0, 0.05) is 0 Å². The van der Waals surface area contributed by atoms with Crippen LogP contribution >= 0.6 is 0 Å². The lowest BCUT2D eigenvalue weighted by atomic mass is 10.3. The highest BCUT2D eigenvalue weighted by Crippen LogP contribution is 2.08. The van der Waals surface area contributed by atoms with E-state index in [1.807, 2.05) is 5.92 Å². The Labute approximate surface area is 63.5 Å². The fraction of sp³-hybridized carbons (Fsp3) is 0.429. The molecule has 4 nitrogen and oxygen atoms in total. The summed E-state index contributed by atoms with van der Waals surface area (Å²) >= 11 is 0. The summed E-state index contributed by atoms with van der Waals surface area (Å²) in [6.07, 6.45) is 2.86. The van der Waals surface area contributed by atoms with Gasteiger partial charge in [-0.1, -0.05) is 5.92 Å². The molecule has 11 heavy (non-hydrogen) atoms. The third-order valence-electron chi connectivity index (χ3n) is 1.22. The van der Waals surface area contributed by atoms with Crippen molar-refractivity contribution in [3.63, 3.8) is 0 Å². The minimum Gasteiger partial charge on any atom is -0.447 e. The quantitative estimate of drug-likeness (QED) is 0.348. The van der Waals surface area contributed by atoms with Crippen LogP contribution in [-0.2, 0) is 19.1 Å². The summed E-state index contributed by atoms with van der Waals surface area (Å²) in [5, 5.41) is 0. The van der Waals surface area contributed by atoms with Crippen LogP contribution in [0.25, 0.3) is 0 Å². The average molecular weight is 154 g/mol. The van der Waals surface area contributed by atoms with Gasteiger partial charge in [-0.2, -0.15) is 0 Å². The first-order chi connectivity index (χ1) is 5.15. The highest BCUT2D eigenvalue weighted by molar-refractivity contribution is 5.89. The van der Waals surface area contributed by atoms with Crippen molar-refractivity contribution in [2.24, 2.45) is 0 Å². The maximum absolute atomic E-state index is 10.7. The van der Waals surface area contributed by atoms with Gasteiger partial charge in [0.15, 0.2) is 6.10 Å². The summed E-state index contributed by atoms with van der Waals surface area (Å²) in [4.78, 5) is 21.5. The van der Waals surface area contributed by atoms with E-state index < -0.39 is 24.1 Å². The molecule has 0 N–H and O–H groups in total. The van der Waals surface area contributed by atoms with E-state index in [0.29, 0.717) is 0 Å². The second kappa shape index (κ2) is 2.62. The van der Waals surface area contributed by atoms with E-state index in [4.69, 9.17) is 6.42 Å². The Morgan fingerprint density at radius 2 is 2.00 bits per heavy atom. The Morgan fingerprint density at radius 3 is 2.55 bits per heavy atom. The van der Waals surface area contributed by atoms with Gasteiger partial charge >= 0.3 is 11.9 Å². The van der Waals surface area contributed by atoms with Crippen molar-refractivity contribution in [1.29, 1.82) is 0 Å². The molecule has 0 saturated carbocycles. The van der Waals surface area contributed by atoms with Gasteiger partial charge in [0.2, 0.25) is 0 Å². The Balaban J connectivity index is 2.72. The summed E-state index contributed by atoms with van der Waals surface area (Å²) < 4.78 is 9.06. The molecule has 0 bridgehead atoms. The molecule has 0 unspecified atom stereocenters. The standard InChI is InChI=1S/C7H6O4/c1-3-5-7(9)10-4(2)6(8)11-5/h1,4-5H,2H3/t4-,5+/m0/s1. The molecule has 1 rings (SSSR count). The number of hydrogen-bond donors (Lipinski definition) is 0. The monoisotopic (exact) mass is 154 g/mol. The van der Waals surface area contributed by atoms with Crippen LogP contribution in [0.15, 0.2) is 0 Å². The van der Waals surface area contributed by atoms with Crippen LogP contribution in [0.3, 0.4) is 0 Å². The number of carbonyl (C=O) groups excluding carboxylic acids is 2. The molecule has 1 aliphatic heterocycles. The minimum absolute atomic E-state index is 0.604. The number of rotatable bonds is 0. The molecule has 0 aromatic heterocycles. The van der Waals surface area contributed by atoms with E-state index in [1.165, 1.54) is 6.92 Å². The van der Waals surface area contributed by atoms with Crippen molar-refractivity contribution < 1.29 is 19.1 Å². The lowest BCUT2D eigenvalue weighted by Gasteiger charge is -2.21. The average Bonchev–Trinajstić information content (AvgIpc) is 1.97. The van der Waals surface area contributed by atoms with E-state index in [1.54, 1.807) is 0 Å². The van der Waals surface area contributed by atoms with Gasteiger partial charge in [0.25, 0.3) is 6.10 Å². The molecule has 0 spiro atoms. The Kier molecular flexibility index (Phi) is 1.81. The molecule has 0 aromatic rings. The third-order valence-corrected chi connectivity index (χ3v) is 1.22. The zero-order valence-electron chi connectivity index (χ0n) is 5.87. The fourth-order valence-electron chi connectivity index (χ4n) is 0.646. The zero-order chi connectivity index (χ0) is 8.43. The van der Waals surface area contributed by atoms with Crippen LogP contribution in [0, 0.1) is 12.3 Å². The highest BCUT2D eigenvalue weighted by atomic mass is 16.6. The van der Waals surface area contributed by atoms with Crippen molar-refractivity contribution in [3.05, 3.63) is 0 Å². The van der Waals surface area contributed by atoms with Crippen molar-refractivity contribution in [2.45, 2.75) is 19.1 Å². The molecule has 1 heterocycles. The zero-order valence-corrected chi connectivity index (χ0v) is 5.87. The molecule has 0 amide bonds. The van der Waals surface area contributed by atoms with Crippen molar-refractivity contribution in [1.82, 2.24) is 0 Å². The number of esters is 2. The van der Waals surface area contributed by atoms with Gasteiger partial charge in [-0.05, 0) is 6.92 Å². The van der Waals surface area contributed by atoms with E-state index >= 15 is 0 Å². The largest absolute Gasteiger partial charge is 0.447 e. The fourth-order valence-corrected chi connectivity index (χ4v) is 0.646. The van der Waals surface area contributed by atoms with Crippen LogP contribution in [0.2, 0.25) is 0 Å². The van der Waals surface area contributed by atoms with Gasteiger partial charge in [0.05, 0.1) is 0 Å². The van der Waals surface area contributed by atoms with Gasteiger partial charge < -0.3 is 9.47 Å². The predicted molar refractivity (Wildman–Crippen MR) is 34.3 cm³/mol. The Bertz CT molecular complexity index is 237. The molecule has 1 fully saturated rings. The number of hydrogen-bond acceptors (Lipinski definition) is 4. The first-order valence-corrected chi connectivity index (χ1v) is 3.02. The van der Waals surface area contributed by atoms with E-state index in [2.05, 4.69) is 9.47 Å². The van der Waals surface area contributed by atoms with Gasteiger partial charge in [-0.3, -0.25) is 0 Å². The molecule has 4 heteroatoms. The number of terminal acetylenes is 1. The van der Waals surface area contributed by atoms with Crippen LogP contribution < -0.4 is 0 Å². The van der Waals surface area contributed by atoms with Gasteiger partial charge in [-0.25, -0.2) is 9.59 Å². The molecule has 0 aliphatic carbocycles. The lowest BCUT2D eigenvalue weighted by Crippen LogP contribution is -2.41. The van der Waals surface area contributed by atoms with Crippen molar-refractivity contribution in [2.75, 3.05) is 0 Å². The molecule has 1 aliphatic rings. The summed E-state index contributed by atoms with van der Waals surface area (Å²) in [5.41, 5.74) is 0. The second-order valence-electron chi connectivity index (χ2n) is 2.06. The van der Waals surface area contributed by atoms with E-state index in [0.717, 1.165) is 0 Å². The Morgan fingerprint density at radius 1 is 1.36 bits per heavy atom. The molecular weight excluding hydrogens is 148 g/mol. The highest BCUT2D eigenvalue weighted by Gasteiger charge is 2.34. The van der Waals surface area contributed by atoms with Crippen LogP contribution in [0.4, 0.5) is 0 Å². The number of ether oxygens (including phenoxy) is 2. The first kappa shape index (κ1) is 7.61. The maximum atomic E-state index is 10.7. The summed E-state index contributed by atoms with van der Waals surface area (Å²) in [7, 11) is 0. The van der Waals surface area contributed by atoms with Crippen LogP contribution in [0.5, 0.6) is 0 Å². The third kappa shape index (κ3) is 1.32. The molecule has 58 valence electrons. The van der Waals surface area contributed by atoms with E-state index in [-0.39, 0.29) is 0 Å². The smallest absolute Gasteiger partial charge is 0.361 e. The molecular formula is C7H6O4. The molecule has 0 aromatic carbocycles. The van der Waals surface area contributed by atoms with Crippen LogP contribution in [0.1, 0.15) is 6.92 Å². The SMILES string of the molecule is C#C[C@H]1OC(=O)[C@H](C)OC1=O.